The second-order valence-electron chi connectivity index (χ2n) is 5.65. The molecule has 1 fully saturated rings. The van der Waals surface area contributed by atoms with Gasteiger partial charge in [-0.15, -0.1) is 0 Å². The van der Waals surface area contributed by atoms with Crippen molar-refractivity contribution in [2.24, 2.45) is 0 Å². The van der Waals surface area contributed by atoms with Crippen molar-refractivity contribution in [1.82, 2.24) is 14.5 Å². The maximum atomic E-state index is 11.9. The van der Waals surface area contributed by atoms with E-state index >= 15 is 0 Å². The van der Waals surface area contributed by atoms with Crippen LogP contribution >= 0.6 is 0 Å². The van der Waals surface area contributed by atoms with Crippen LogP contribution in [0.25, 0.3) is 0 Å². The number of nitrogens with zero attached hydrogens (tertiary/aromatic N) is 3. The molecule has 0 bridgehead atoms. The third-order valence-corrected chi connectivity index (χ3v) is 4.44. The molecule has 1 saturated heterocycles. The highest BCUT2D eigenvalue weighted by molar-refractivity contribution is 5.72. The Balaban J connectivity index is 1.99. The van der Waals surface area contributed by atoms with Gasteiger partial charge in [-0.25, -0.2) is 9.78 Å². The number of aromatic nitrogens is 2. The number of rotatable bonds is 5. The summed E-state index contributed by atoms with van der Waals surface area (Å²) in [5, 5.41) is 10.6. The normalized spacial score (nSPS) is 29.9. The SMILES string of the molecule is CC[C@]1(C)OC(=O)N(CCCn2ccnc2C)[C@@]1(C)O. The van der Waals surface area contributed by atoms with Gasteiger partial charge >= 0.3 is 6.09 Å². The van der Waals surface area contributed by atoms with Gasteiger partial charge in [-0.2, -0.15) is 0 Å². The van der Waals surface area contributed by atoms with Gasteiger partial charge in [-0.05, 0) is 33.6 Å². The van der Waals surface area contributed by atoms with Gasteiger partial charge in [0.1, 0.15) is 5.82 Å². The molecule has 2 atom stereocenters. The predicted molar refractivity (Wildman–Crippen MR) is 74.1 cm³/mol. The fourth-order valence-corrected chi connectivity index (χ4v) is 2.56. The Labute approximate surface area is 119 Å². The van der Waals surface area contributed by atoms with Crippen molar-refractivity contribution in [3.05, 3.63) is 18.2 Å². The maximum absolute atomic E-state index is 11.9. The Bertz CT molecular complexity index is 498. The number of hydrogen-bond donors (Lipinski definition) is 1. The van der Waals surface area contributed by atoms with Crippen molar-refractivity contribution >= 4 is 6.09 Å². The molecule has 20 heavy (non-hydrogen) atoms. The van der Waals surface area contributed by atoms with E-state index in [1.807, 2.05) is 24.6 Å². The molecular weight excluding hydrogens is 258 g/mol. The van der Waals surface area contributed by atoms with E-state index in [4.69, 9.17) is 4.74 Å². The molecule has 112 valence electrons. The fraction of sp³-hybridized carbons (Fsp3) is 0.714. The summed E-state index contributed by atoms with van der Waals surface area (Å²) in [6.07, 6.45) is 4.53. The van der Waals surface area contributed by atoms with Crippen LogP contribution in [-0.2, 0) is 11.3 Å². The van der Waals surface area contributed by atoms with Gasteiger partial charge in [0.15, 0.2) is 11.3 Å². The molecule has 0 aromatic carbocycles. The van der Waals surface area contributed by atoms with E-state index in [0.29, 0.717) is 13.0 Å². The van der Waals surface area contributed by atoms with Crippen LogP contribution in [0.15, 0.2) is 12.4 Å². The van der Waals surface area contributed by atoms with Gasteiger partial charge in [-0.1, -0.05) is 6.92 Å². The highest BCUT2D eigenvalue weighted by Crippen LogP contribution is 2.39. The highest BCUT2D eigenvalue weighted by atomic mass is 16.6. The van der Waals surface area contributed by atoms with Crippen molar-refractivity contribution in [3.63, 3.8) is 0 Å². The molecule has 1 amide bonds. The maximum Gasteiger partial charge on any atom is 0.412 e. The zero-order valence-corrected chi connectivity index (χ0v) is 12.6. The monoisotopic (exact) mass is 281 g/mol. The topological polar surface area (TPSA) is 67.6 Å². The molecule has 1 aliphatic heterocycles. The Morgan fingerprint density at radius 2 is 2.10 bits per heavy atom. The zero-order valence-electron chi connectivity index (χ0n) is 12.6. The van der Waals surface area contributed by atoms with Gasteiger partial charge in [0.05, 0.1) is 0 Å². The summed E-state index contributed by atoms with van der Waals surface area (Å²) >= 11 is 0. The van der Waals surface area contributed by atoms with Crippen LogP contribution < -0.4 is 0 Å². The summed E-state index contributed by atoms with van der Waals surface area (Å²) in [7, 11) is 0. The molecule has 2 rings (SSSR count). The summed E-state index contributed by atoms with van der Waals surface area (Å²) in [6, 6.07) is 0. The Kier molecular flexibility index (Phi) is 3.77. The van der Waals surface area contributed by atoms with E-state index in [0.717, 1.165) is 18.8 Å². The predicted octanol–water partition coefficient (Wildman–Crippen LogP) is 1.91. The smallest absolute Gasteiger partial charge is 0.412 e. The molecule has 1 aromatic heterocycles. The van der Waals surface area contributed by atoms with E-state index in [-0.39, 0.29) is 0 Å². The molecule has 0 aliphatic carbocycles. The van der Waals surface area contributed by atoms with Gasteiger partial charge in [-0.3, -0.25) is 4.90 Å². The van der Waals surface area contributed by atoms with Crippen LogP contribution in [0, 0.1) is 6.92 Å². The molecule has 0 spiro atoms. The van der Waals surface area contributed by atoms with Crippen molar-refractivity contribution in [1.29, 1.82) is 0 Å². The van der Waals surface area contributed by atoms with Crippen molar-refractivity contribution in [2.75, 3.05) is 6.54 Å². The summed E-state index contributed by atoms with van der Waals surface area (Å²) in [5.41, 5.74) is -2.13. The number of carbonyl (C=O) groups excluding carboxylic acids is 1. The summed E-state index contributed by atoms with van der Waals surface area (Å²) in [5.74, 6) is 0.944. The lowest BCUT2D eigenvalue weighted by atomic mass is 9.91. The highest BCUT2D eigenvalue weighted by Gasteiger charge is 2.57. The molecule has 2 heterocycles. The lowest BCUT2D eigenvalue weighted by molar-refractivity contribution is -0.137. The first-order valence-electron chi connectivity index (χ1n) is 7.02. The van der Waals surface area contributed by atoms with E-state index in [1.165, 1.54) is 4.90 Å². The van der Waals surface area contributed by atoms with Crippen LogP contribution in [0.5, 0.6) is 0 Å². The van der Waals surface area contributed by atoms with Crippen LogP contribution in [-0.4, -0.2) is 43.5 Å². The molecule has 0 radical (unpaired) electrons. The lowest BCUT2D eigenvalue weighted by Crippen LogP contribution is -2.55. The first kappa shape index (κ1) is 14.8. The Hall–Kier alpha value is -1.56. The molecular formula is C14H23N3O3. The van der Waals surface area contributed by atoms with Gasteiger partial charge in [0, 0.05) is 25.5 Å². The number of aliphatic hydroxyl groups is 1. The van der Waals surface area contributed by atoms with Crippen LogP contribution in [0.1, 0.15) is 39.4 Å². The molecule has 1 aromatic rings. The minimum absolute atomic E-state index is 0.443. The average Bonchev–Trinajstić information content (AvgIpc) is 2.85. The van der Waals surface area contributed by atoms with Crippen LogP contribution in [0.4, 0.5) is 4.79 Å². The Morgan fingerprint density at radius 3 is 2.60 bits per heavy atom. The van der Waals surface area contributed by atoms with Crippen molar-refractivity contribution in [2.45, 2.75) is 58.4 Å². The summed E-state index contributed by atoms with van der Waals surface area (Å²) < 4.78 is 7.38. The minimum atomic E-state index is -1.27. The molecule has 6 nitrogen and oxygen atoms in total. The van der Waals surface area contributed by atoms with E-state index in [2.05, 4.69) is 4.98 Å². The van der Waals surface area contributed by atoms with Crippen molar-refractivity contribution < 1.29 is 14.6 Å². The first-order valence-corrected chi connectivity index (χ1v) is 7.02. The number of imidazole rings is 1. The standard InChI is InChI=1S/C14H23N3O3/c1-5-13(3)14(4,19)17(12(18)20-13)9-6-8-16-10-7-15-11(16)2/h7,10,19H,5-6,8-9H2,1-4H3/t13-,14-/m0/s1. The largest absolute Gasteiger partial charge is 0.438 e. The van der Waals surface area contributed by atoms with Crippen LogP contribution in [0.3, 0.4) is 0 Å². The second kappa shape index (κ2) is 5.09. The van der Waals surface area contributed by atoms with E-state index in [9.17, 15) is 9.90 Å². The van der Waals surface area contributed by atoms with E-state index in [1.54, 1.807) is 20.0 Å². The number of amides is 1. The van der Waals surface area contributed by atoms with Crippen LogP contribution in [0.2, 0.25) is 0 Å². The quantitative estimate of drug-likeness (QED) is 0.895. The lowest BCUT2D eigenvalue weighted by Gasteiger charge is -2.36. The molecule has 6 heteroatoms. The third kappa shape index (κ3) is 2.28. The van der Waals surface area contributed by atoms with Gasteiger partial charge < -0.3 is 14.4 Å². The Morgan fingerprint density at radius 1 is 1.40 bits per heavy atom. The van der Waals surface area contributed by atoms with Gasteiger partial charge in [0.25, 0.3) is 0 Å². The van der Waals surface area contributed by atoms with E-state index < -0.39 is 17.4 Å². The van der Waals surface area contributed by atoms with Crippen molar-refractivity contribution in [3.8, 4) is 0 Å². The summed E-state index contributed by atoms with van der Waals surface area (Å²) in [6.45, 7) is 8.47. The first-order chi connectivity index (χ1) is 9.32. The molecule has 1 aliphatic rings. The number of ether oxygens (including phenoxy) is 1. The zero-order chi connectivity index (χ0) is 15.0. The minimum Gasteiger partial charge on any atom is -0.438 e. The molecule has 1 N–H and O–H groups in total. The number of carbonyl (C=O) groups is 1. The van der Waals surface area contributed by atoms with Gasteiger partial charge in [0.2, 0.25) is 0 Å². The third-order valence-electron chi connectivity index (χ3n) is 4.44. The number of aryl methyl sites for hydroxylation is 2. The number of hydrogen-bond acceptors (Lipinski definition) is 4. The fourth-order valence-electron chi connectivity index (χ4n) is 2.56. The second-order valence-corrected chi connectivity index (χ2v) is 5.65. The summed E-state index contributed by atoms with van der Waals surface area (Å²) in [4.78, 5) is 17.5. The average molecular weight is 281 g/mol. The number of cyclic esters (lactones) is 1. The molecule has 0 unspecified atom stereocenters. The molecule has 0 saturated carbocycles.